The second-order valence-corrected chi connectivity index (χ2v) is 25.5. The molecule has 3 aliphatic heterocycles. The van der Waals surface area contributed by atoms with E-state index in [9.17, 15) is 50.6 Å². The molecule has 519 valence electrons. The average Bonchev–Trinajstić information content (AvgIpc) is 0.766. The molecule has 1 atom stereocenters. The number of amides is 3. The van der Waals surface area contributed by atoms with E-state index >= 15 is 0 Å². The van der Waals surface area contributed by atoms with Gasteiger partial charge < -0.3 is 36.7 Å². The summed E-state index contributed by atoms with van der Waals surface area (Å²) < 4.78 is 102. The summed E-state index contributed by atoms with van der Waals surface area (Å²) in [6.45, 7) is 18.0. The van der Waals surface area contributed by atoms with Crippen LogP contribution in [0.3, 0.4) is 0 Å². The van der Waals surface area contributed by atoms with Gasteiger partial charge in [0.15, 0.2) is 5.78 Å². The molecule has 0 aliphatic carbocycles. The number of carbonyl (C=O) groups excluding carboxylic acids is 4. The molecule has 3 amide bonds. The zero-order chi connectivity index (χ0) is 68.3. The summed E-state index contributed by atoms with van der Waals surface area (Å²) in [5.74, 6) is -5.76. The van der Waals surface area contributed by atoms with Gasteiger partial charge in [-0.1, -0.05) is 104 Å². The van der Waals surface area contributed by atoms with Crippen LogP contribution in [0.25, 0.3) is 33.4 Å². The van der Waals surface area contributed by atoms with Crippen LogP contribution < -0.4 is 59.7 Å². The van der Waals surface area contributed by atoms with Crippen LogP contribution in [0.4, 0.5) is 43.4 Å². The first-order valence-electron chi connectivity index (χ1n) is 31.5. The van der Waals surface area contributed by atoms with E-state index in [1.165, 1.54) is 29.3 Å². The van der Waals surface area contributed by atoms with E-state index in [1.807, 2.05) is 102 Å². The predicted molar refractivity (Wildman–Crippen MR) is 385 cm³/mol. The van der Waals surface area contributed by atoms with Crippen molar-refractivity contribution in [3.05, 3.63) is 249 Å². The third kappa shape index (κ3) is 18.7. The van der Waals surface area contributed by atoms with Crippen molar-refractivity contribution in [3.8, 4) is 50.6 Å². The van der Waals surface area contributed by atoms with Gasteiger partial charge in [0.05, 0.1) is 18.1 Å². The Labute approximate surface area is 608 Å². The molecule has 0 fully saturated rings. The Bertz CT molecular complexity index is 4380. The number of hydrogen-bond acceptors (Lipinski definition) is 8. The van der Waals surface area contributed by atoms with Gasteiger partial charge in [-0.05, 0) is 232 Å². The van der Waals surface area contributed by atoms with E-state index in [0.29, 0.717) is 47.0 Å². The maximum absolute atomic E-state index is 13.9. The van der Waals surface area contributed by atoms with Gasteiger partial charge >= 0.3 is 29.6 Å². The van der Waals surface area contributed by atoms with Crippen molar-refractivity contribution in [1.82, 2.24) is 0 Å². The van der Waals surface area contributed by atoms with Gasteiger partial charge in [-0.2, -0.15) is 0 Å². The van der Waals surface area contributed by atoms with Crippen molar-refractivity contribution in [1.29, 1.82) is 0 Å². The second-order valence-electron chi connectivity index (χ2n) is 25.5. The minimum atomic E-state index is -0.918. The van der Waals surface area contributed by atoms with Gasteiger partial charge in [0.25, 0.3) is 17.7 Å². The number of Topliss-reactive ketones (excluding diaryl/α,β-unsaturated/α-hetero) is 1. The normalized spacial score (nSPS) is 14.5. The molecule has 11 nitrogen and oxygen atoms in total. The molecule has 1 unspecified atom stereocenters. The van der Waals surface area contributed by atoms with Crippen LogP contribution in [0.15, 0.2) is 164 Å². The third-order valence-electron chi connectivity index (χ3n) is 16.9. The van der Waals surface area contributed by atoms with Gasteiger partial charge in [0.1, 0.15) is 85.6 Å². The maximum atomic E-state index is 13.9. The number of aryl methyl sites for hydroxylation is 4. The van der Waals surface area contributed by atoms with E-state index in [-0.39, 0.29) is 73.1 Å². The minimum absolute atomic E-state index is 0. The fraction of sp³-hybridized carbons (Fsp3) is 0.284. The predicted octanol–water partition coefficient (Wildman–Crippen LogP) is 17.4. The van der Waals surface area contributed by atoms with Gasteiger partial charge in [-0.15, -0.1) is 0 Å². The van der Waals surface area contributed by atoms with Crippen LogP contribution in [0.5, 0.6) is 17.2 Å². The average molecular weight is 1380 g/mol. The number of rotatable bonds is 12. The first-order valence-corrected chi connectivity index (χ1v) is 31.5. The molecule has 100 heavy (non-hydrogen) atoms. The zero-order valence-corrected chi connectivity index (χ0v) is 57.8. The van der Waals surface area contributed by atoms with E-state index in [1.54, 1.807) is 36.4 Å². The Balaban J connectivity index is 0.000000312. The first-order chi connectivity index (χ1) is 45.1. The van der Waals surface area contributed by atoms with Crippen molar-refractivity contribution in [3.63, 3.8) is 0 Å². The fourth-order valence-electron chi connectivity index (χ4n) is 12.0. The number of aliphatic hydroxyl groups excluding tert-OH is 1. The molecular weight excluding hydrogens is 1290 g/mol. The molecule has 0 bridgehead atoms. The molecule has 3 aliphatic rings. The summed E-state index contributed by atoms with van der Waals surface area (Å²) in [6, 6.07) is 43.2. The third-order valence-corrected chi connectivity index (χ3v) is 16.9. The molecular formula is C81H86BF6N3NaO8. The number of halogens is 6. The number of anilines is 3. The molecule has 0 aromatic heterocycles. The quantitative estimate of drug-likeness (QED) is 0.0697. The zero-order valence-electron chi connectivity index (χ0n) is 56.8. The number of carbonyl (C=O) groups is 4. The summed E-state index contributed by atoms with van der Waals surface area (Å²) in [6.07, 6.45) is 4.64. The van der Waals surface area contributed by atoms with Gasteiger partial charge in [-0.25, -0.2) is 26.3 Å². The first kappa shape index (κ1) is 81.7. The molecule has 9 aromatic rings. The molecule has 3 radical (unpaired) electrons. The Morgan fingerprint density at radius 3 is 1.17 bits per heavy atom. The number of fused-ring (bicyclic) bond motifs is 3. The van der Waals surface area contributed by atoms with Crippen LogP contribution in [0.1, 0.15) is 181 Å². The van der Waals surface area contributed by atoms with Gasteiger partial charge in [0.2, 0.25) is 0 Å². The van der Waals surface area contributed by atoms with Crippen LogP contribution in [-0.4, -0.2) is 53.8 Å². The monoisotopic (exact) mass is 1380 g/mol. The van der Waals surface area contributed by atoms with Gasteiger partial charge in [0, 0.05) is 37.5 Å². The molecule has 0 saturated heterocycles. The Kier molecular flexibility index (Phi) is 27.8. The number of aliphatic hydroxyl groups is 1. The molecule has 19 heteroatoms. The van der Waals surface area contributed by atoms with E-state index < -0.39 is 86.6 Å². The number of nitrogens with one attached hydrogen (secondary N) is 3. The topological polar surface area (TPSA) is 152 Å². The van der Waals surface area contributed by atoms with Crippen molar-refractivity contribution in [2.24, 2.45) is 0 Å². The Hall–Kier alpha value is -8.94. The summed E-state index contributed by atoms with van der Waals surface area (Å²) in [5.41, 5.74) is 9.91. The van der Waals surface area contributed by atoms with Crippen LogP contribution >= 0.6 is 0 Å². The summed E-state index contributed by atoms with van der Waals surface area (Å²) >= 11 is 0. The summed E-state index contributed by atoms with van der Waals surface area (Å²) in [4.78, 5) is 49.5. The largest absolute Gasteiger partial charge is 1.00 e. The molecule has 9 aromatic carbocycles. The van der Waals surface area contributed by atoms with Crippen LogP contribution in [0, 0.1) is 34.9 Å². The maximum Gasteiger partial charge on any atom is 1.00 e. The van der Waals surface area contributed by atoms with Crippen molar-refractivity contribution < 1.29 is 95.8 Å². The van der Waals surface area contributed by atoms with E-state index in [0.717, 1.165) is 124 Å². The number of ketones is 1. The van der Waals surface area contributed by atoms with Crippen LogP contribution in [0.2, 0.25) is 0 Å². The van der Waals surface area contributed by atoms with Gasteiger partial charge in [-0.3, -0.25) is 19.2 Å². The number of ether oxygens (including phenoxy) is 3. The van der Waals surface area contributed by atoms with Crippen LogP contribution in [-0.2, 0) is 25.7 Å². The summed E-state index contributed by atoms with van der Waals surface area (Å²) in [5, 5.41) is 18.2. The molecule has 0 spiro atoms. The van der Waals surface area contributed by atoms with Crippen molar-refractivity contribution >= 4 is 49.0 Å². The fourth-order valence-corrected chi connectivity index (χ4v) is 12.0. The van der Waals surface area contributed by atoms with Crippen molar-refractivity contribution in [2.45, 2.75) is 152 Å². The van der Waals surface area contributed by atoms with E-state index in [2.05, 4.69) is 48.9 Å². The Morgan fingerprint density at radius 1 is 0.460 bits per heavy atom. The molecule has 4 N–H and O–H groups in total. The smallest absolute Gasteiger partial charge is 1.00 e. The van der Waals surface area contributed by atoms with Crippen molar-refractivity contribution in [2.75, 3.05) is 16.0 Å². The molecule has 3 heterocycles. The molecule has 0 saturated carbocycles. The Morgan fingerprint density at radius 2 is 0.790 bits per heavy atom. The number of hydrogen-bond donors (Lipinski definition) is 4. The second kappa shape index (κ2) is 34.0. The van der Waals surface area contributed by atoms with E-state index in [4.69, 9.17) is 14.2 Å². The minimum Gasteiger partial charge on any atom is -1.00 e. The molecule has 12 rings (SSSR count). The SMILES string of the molecule is C.C.C.CCc1cc2c(cc1-c1ccc(NC(=O)c3c(F)cccc3F)cc1)OC(C)(C)CC2.CCc1cc2c(cc1-c1ccc(NC(=O)c3c(F)cccc3F)cc1)OC(C)(C)CC2=O.CCc1cc2c(cc1-c1ccc(NC(=O)c3c(F)cccc3F)cc1)OC(C)(C)CC2O.[B].[H-].[Na+]. The standard InChI is InChI=1S/C26H25F2NO3.C26H23F2NO3.C26H25F2NO2.3CH4.B.Na.H/c2*1-4-15-12-19-22(30)14-26(2,3)32-23(19)13-18(15)16-8-10-17(11-9-16)29-25(31)24-20(27)6-5-7-21(24)28;1-4-16-14-18-12-13-26(2,3)31-23(18)15-20(16)17-8-10-19(11-9-17)29-25(30)24-21(27)6-5-7-22(24)28;;;;;;/h5-13,22,30H,4,14H2,1-3H3,(H,29,31);5-13H,4,14H2,1-3H3,(H,29,31);5-11,14-15H,4,12-13H2,1-3H3,(H,29,30);3*1H4;;;/q;;;;;;;+1;-1. The number of benzene rings is 9. The summed E-state index contributed by atoms with van der Waals surface area (Å²) in [7, 11) is 0.